The number of sulfonamides is 1. The number of ether oxygens (including phenoxy) is 1. The minimum atomic E-state index is -3.83. The number of nitrogens with zero attached hydrogens (tertiary/aromatic N) is 3. The highest BCUT2D eigenvalue weighted by Crippen LogP contribution is 2.27. The van der Waals surface area contributed by atoms with Crippen molar-refractivity contribution in [2.24, 2.45) is 0 Å². The van der Waals surface area contributed by atoms with Gasteiger partial charge in [0.15, 0.2) is 0 Å². The van der Waals surface area contributed by atoms with Gasteiger partial charge in [-0.25, -0.2) is 13.2 Å². The monoisotopic (exact) mass is 495 g/mol. The van der Waals surface area contributed by atoms with Crippen LogP contribution in [0.5, 0.6) is 0 Å². The first-order chi connectivity index (χ1) is 16.7. The van der Waals surface area contributed by atoms with Gasteiger partial charge in [-0.15, -0.1) is 0 Å². The fraction of sp³-hybridized carbons (Fsp3) is 0.308. The molecule has 1 saturated heterocycles. The van der Waals surface area contributed by atoms with Crippen LogP contribution in [0.3, 0.4) is 0 Å². The van der Waals surface area contributed by atoms with Crippen LogP contribution < -0.4 is 4.31 Å². The highest BCUT2D eigenvalue weighted by molar-refractivity contribution is 7.92. The first-order valence-corrected chi connectivity index (χ1v) is 12.9. The summed E-state index contributed by atoms with van der Waals surface area (Å²) >= 11 is 0. The Kier molecular flexibility index (Phi) is 6.98. The van der Waals surface area contributed by atoms with Crippen molar-refractivity contribution in [3.63, 3.8) is 0 Å². The molecule has 0 N–H and O–H groups in total. The topological polar surface area (TPSA) is 88.9 Å². The quantitative estimate of drug-likeness (QED) is 0.484. The molecule has 8 nitrogen and oxygen atoms in total. The Bertz CT molecular complexity index is 1320. The normalized spacial score (nSPS) is 14.5. The van der Waals surface area contributed by atoms with Gasteiger partial charge >= 0.3 is 5.97 Å². The Balaban J connectivity index is 1.47. The number of rotatable bonds is 6. The van der Waals surface area contributed by atoms with Crippen molar-refractivity contribution in [3.05, 3.63) is 83.7 Å². The zero-order valence-electron chi connectivity index (χ0n) is 20.0. The minimum absolute atomic E-state index is 0.0661. The van der Waals surface area contributed by atoms with Gasteiger partial charge in [0, 0.05) is 37.9 Å². The van der Waals surface area contributed by atoms with Crippen molar-refractivity contribution in [2.75, 3.05) is 31.6 Å². The second-order valence-electron chi connectivity index (χ2n) is 8.65. The number of carbonyl (C=O) groups is 2. The highest BCUT2D eigenvalue weighted by atomic mass is 32.2. The third-order valence-electron chi connectivity index (χ3n) is 6.46. The van der Waals surface area contributed by atoms with Crippen LogP contribution in [0, 0.1) is 6.92 Å². The molecule has 1 aliphatic heterocycles. The zero-order valence-corrected chi connectivity index (χ0v) is 20.9. The van der Waals surface area contributed by atoms with E-state index in [0.29, 0.717) is 42.9 Å². The molecular weight excluding hydrogens is 466 g/mol. The van der Waals surface area contributed by atoms with Gasteiger partial charge in [-0.05, 0) is 62.2 Å². The lowest BCUT2D eigenvalue weighted by Gasteiger charge is -2.33. The summed E-state index contributed by atoms with van der Waals surface area (Å²) in [5.41, 5.74) is 2.41. The molecule has 0 saturated carbocycles. The van der Waals surface area contributed by atoms with E-state index >= 15 is 0 Å². The summed E-state index contributed by atoms with van der Waals surface area (Å²) in [4.78, 5) is 27.0. The van der Waals surface area contributed by atoms with Gasteiger partial charge in [-0.1, -0.05) is 23.8 Å². The maximum Gasteiger partial charge on any atom is 0.354 e. The molecule has 184 valence electrons. The minimum Gasteiger partial charge on any atom is -0.464 e. The summed E-state index contributed by atoms with van der Waals surface area (Å²) < 4.78 is 34.4. The number of piperidine rings is 1. The van der Waals surface area contributed by atoms with E-state index in [1.54, 1.807) is 35.2 Å². The van der Waals surface area contributed by atoms with E-state index in [4.69, 9.17) is 4.74 Å². The van der Waals surface area contributed by atoms with Crippen LogP contribution in [0.25, 0.3) is 0 Å². The van der Waals surface area contributed by atoms with Crippen LogP contribution in [-0.2, 0) is 14.8 Å². The number of aryl methyl sites for hydroxylation is 1. The van der Waals surface area contributed by atoms with Crippen molar-refractivity contribution in [1.29, 1.82) is 0 Å². The molecule has 0 atom stereocenters. The lowest BCUT2D eigenvalue weighted by atomic mass is 10.0. The Hall–Kier alpha value is -3.59. The summed E-state index contributed by atoms with van der Waals surface area (Å²) in [5.74, 6) is -0.596. The number of benzene rings is 2. The standard InChI is InChI=1S/C26H29N3O5S/c1-19-9-11-21(12-10-19)27(2)35(32,33)23-7-4-6-20(18-23)25(30)28-16-13-22(14-17-28)29-15-5-8-24(29)26(31)34-3/h4-12,15,18,22H,13-14,16-17H2,1-3H3. The third-order valence-corrected chi connectivity index (χ3v) is 8.24. The first-order valence-electron chi connectivity index (χ1n) is 11.4. The molecule has 0 radical (unpaired) electrons. The predicted molar refractivity (Wildman–Crippen MR) is 133 cm³/mol. The van der Waals surface area contributed by atoms with Crippen LogP contribution in [0.2, 0.25) is 0 Å². The summed E-state index contributed by atoms with van der Waals surface area (Å²) in [6, 6.07) is 17.0. The number of aromatic nitrogens is 1. The van der Waals surface area contributed by atoms with Crippen molar-refractivity contribution >= 4 is 27.6 Å². The number of methoxy groups -OCH3 is 1. The molecule has 1 aliphatic rings. The number of likely N-dealkylation sites (tertiary alicyclic amines) is 1. The van der Waals surface area contributed by atoms with Gasteiger partial charge in [0.25, 0.3) is 15.9 Å². The van der Waals surface area contributed by atoms with E-state index in [2.05, 4.69) is 0 Å². The van der Waals surface area contributed by atoms with E-state index < -0.39 is 10.0 Å². The molecule has 3 aromatic rings. The molecule has 9 heteroatoms. The second kappa shape index (κ2) is 9.95. The Morgan fingerprint density at radius 3 is 2.34 bits per heavy atom. The van der Waals surface area contributed by atoms with E-state index in [9.17, 15) is 18.0 Å². The molecule has 35 heavy (non-hydrogen) atoms. The van der Waals surface area contributed by atoms with Gasteiger partial charge in [0.2, 0.25) is 0 Å². The van der Waals surface area contributed by atoms with Crippen LogP contribution >= 0.6 is 0 Å². The number of carbonyl (C=O) groups excluding carboxylic acids is 2. The number of hydrogen-bond donors (Lipinski definition) is 0. The highest BCUT2D eigenvalue weighted by Gasteiger charge is 2.28. The molecule has 1 fully saturated rings. The zero-order chi connectivity index (χ0) is 25.2. The van der Waals surface area contributed by atoms with Crippen molar-refractivity contribution < 1.29 is 22.7 Å². The molecule has 1 aromatic heterocycles. The molecule has 1 amide bonds. The molecule has 2 aromatic carbocycles. The molecular formula is C26H29N3O5S. The molecule has 0 unspecified atom stereocenters. The number of amides is 1. The maximum atomic E-state index is 13.2. The number of esters is 1. The van der Waals surface area contributed by atoms with Gasteiger partial charge in [0.05, 0.1) is 17.7 Å². The molecule has 2 heterocycles. The van der Waals surface area contributed by atoms with Gasteiger partial charge in [-0.2, -0.15) is 0 Å². The molecule has 0 spiro atoms. The Labute approximate surface area is 205 Å². The van der Waals surface area contributed by atoms with Crippen LogP contribution in [0.1, 0.15) is 45.3 Å². The summed E-state index contributed by atoms with van der Waals surface area (Å²) in [6.07, 6.45) is 3.21. The summed E-state index contributed by atoms with van der Waals surface area (Å²) in [7, 11) is -0.972. The van der Waals surface area contributed by atoms with Crippen molar-refractivity contribution in [2.45, 2.75) is 30.7 Å². The van der Waals surface area contributed by atoms with Crippen molar-refractivity contribution in [1.82, 2.24) is 9.47 Å². The van der Waals surface area contributed by atoms with Crippen molar-refractivity contribution in [3.8, 4) is 0 Å². The van der Waals surface area contributed by atoms with Gasteiger partial charge in [0.1, 0.15) is 5.69 Å². The molecule has 0 aliphatic carbocycles. The van der Waals surface area contributed by atoms with Crippen LogP contribution in [0.4, 0.5) is 5.69 Å². The Morgan fingerprint density at radius 2 is 1.69 bits per heavy atom. The van der Waals surface area contributed by atoms with Crippen LogP contribution in [-0.4, -0.2) is 57.0 Å². The number of hydrogen-bond acceptors (Lipinski definition) is 5. The smallest absolute Gasteiger partial charge is 0.354 e. The fourth-order valence-corrected chi connectivity index (χ4v) is 5.60. The fourth-order valence-electron chi connectivity index (χ4n) is 4.36. The van der Waals surface area contributed by atoms with E-state index in [-0.39, 0.29) is 22.8 Å². The van der Waals surface area contributed by atoms with Crippen LogP contribution in [0.15, 0.2) is 71.8 Å². The third kappa shape index (κ3) is 4.95. The second-order valence-corrected chi connectivity index (χ2v) is 10.6. The molecule has 0 bridgehead atoms. The average Bonchev–Trinajstić information content (AvgIpc) is 3.38. The first kappa shape index (κ1) is 24.5. The Morgan fingerprint density at radius 1 is 1.00 bits per heavy atom. The SMILES string of the molecule is COC(=O)c1cccn1C1CCN(C(=O)c2cccc(S(=O)(=O)N(C)c3ccc(C)cc3)c2)CC1. The average molecular weight is 496 g/mol. The van der Waals surface area contributed by atoms with E-state index in [0.717, 1.165) is 5.56 Å². The predicted octanol–water partition coefficient (Wildman–Crippen LogP) is 3.89. The molecule has 4 rings (SSSR count). The summed E-state index contributed by atoms with van der Waals surface area (Å²) in [6.45, 7) is 2.94. The van der Waals surface area contributed by atoms with E-state index in [1.807, 2.05) is 35.9 Å². The largest absolute Gasteiger partial charge is 0.464 e. The van der Waals surface area contributed by atoms with Gasteiger partial charge in [-0.3, -0.25) is 9.10 Å². The lowest BCUT2D eigenvalue weighted by Crippen LogP contribution is -2.39. The van der Waals surface area contributed by atoms with Gasteiger partial charge < -0.3 is 14.2 Å². The lowest BCUT2D eigenvalue weighted by molar-refractivity contribution is 0.0573. The number of anilines is 1. The maximum absolute atomic E-state index is 13.2. The summed E-state index contributed by atoms with van der Waals surface area (Å²) in [5, 5.41) is 0. The van der Waals surface area contributed by atoms with E-state index in [1.165, 1.54) is 30.6 Å².